The first-order chi connectivity index (χ1) is 9.79. The van der Waals surface area contributed by atoms with Crippen molar-refractivity contribution in [3.8, 4) is 17.1 Å². The predicted octanol–water partition coefficient (Wildman–Crippen LogP) is 4.53. The van der Waals surface area contributed by atoms with Gasteiger partial charge in [0.1, 0.15) is 0 Å². The van der Waals surface area contributed by atoms with E-state index in [2.05, 4.69) is 57.1 Å². The van der Waals surface area contributed by atoms with E-state index in [-0.39, 0.29) is 0 Å². The minimum absolute atomic E-state index is 0.603. The Labute approximate surface area is 135 Å². The van der Waals surface area contributed by atoms with E-state index in [4.69, 9.17) is 12.2 Å². The van der Waals surface area contributed by atoms with Crippen LogP contribution in [0, 0.1) is 4.77 Å². The van der Waals surface area contributed by atoms with Crippen LogP contribution in [0.15, 0.2) is 54.6 Å². The van der Waals surface area contributed by atoms with Crippen molar-refractivity contribution in [1.82, 2.24) is 14.8 Å². The van der Waals surface area contributed by atoms with Crippen LogP contribution in [0.3, 0.4) is 0 Å². The van der Waals surface area contributed by atoms with Crippen LogP contribution >= 0.6 is 34.8 Å². The molecular formula is C15H12IN3S. The van der Waals surface area contributed by atoms with E-state index >= 15 is 0 Å². The molecule has 0 aliphatic carbocycles. The molecule has 1 heterocycles. The third-order valence-electron chi connectivity index (χ3n) is 3.03. The van der Waals surface area contributed by atoms with E-state index in [0.717, 1.165) is 21.5 Å². The lowest BCUT2D eigenvalue weighted by atomic mass is 10.1. The fraction of sp³-hybridized carbons (Fsp3) is 0.0667. The number of rotatable bonds is 3. The number of halogens is 1. The molecule has 0 aliphatic heterocycles. The van der Waals surface area contributed by atoms with E-state index < -0.39 is 0 Å². The third-order valence-corrected chi connectivity index (χ3v) is 4.18. The largest absolute Gasteiger partial charge is 0.268 e. The summed E-state index contributed by atoms with van der Waals surface area (Å²) in [5.41, 5.74) is 3.35. The van der Waals surface area contributed by atoms with Crippen molar-refractivity contribution in [3.05, 3.63) is 64.9 Å². The van der Waals surface area contributed by atoms with Gasteiger partial charge in [-0.3, -0.25) is 9.67 Å². The van der Waals surface area contributed by atoms with E-state index in [0.29, 0.717) is 4.77 Å². The summed E-state index contributed by atoms with van der Waals surface area (Å²) in [5, 5.41) is 7.27. The number of hydrogen-bond acceptors (Lipinski definition) is 2. The molecule has 0 atom stereocenters. The highest BCUT2D eigenvalue weighted by Gasteiger charge is 2.10. The second-order valence-corrected chi connectivity index (χ2v) is 5.51. The van der Waals surface area contributed by atoms with Crippen molar-refractivity contribution in [2.75, 3.05) is 0 Å². The van der Waals surface area contributed by atoms with Crippen molar-refractivity contribution >= 4 is 34.8 Å². The molecule has 1 aromatic heterocycles. The molecule has 3 rings (SSSR count). The van der Waals surface area contributed by atoms with Gasteiger partial charge in [-0.2, -0.15) is 5.10 Å². The first-order valence-corrected chi connectivity index (χ1v) is 8.11. The lowest BCUT2D eigenvalue weighted by Crippen LogP contribution is -1.97. The Morgan fingerprint density at radius 1 is 1.10 bits per heavy atom. The van der Waals surface area contributed by atoms with Crippen LogP contribution in [0.2, 0.25) is 0 Å². The summed E-state index contributed by atoms with van der Waals surface area (Å²) in [6.07, 6.45) is 0. The number of nitrogens with zero attached hydrogens (tertiary/aromatic N) is 2. The van der Waals surface area contributed by atoms with E-state index in [1.54, 1.807) is 0 Å². The fourth-order valence-electron chi connectivity index (χ4n) is 2.10. The van der Waals surface area contributed by atoms with Gasteiger partial charge in [-0.25, -0.2) is 0 Å². The van der Waals surface area contributed by atoms with Crippen molar-refractivity contribution in [2.45, 2.75) is 4.43 Å². The van der Waals surface area contributed by atoms with Gasteiger partial charge >= 0.3 is 0 Å². The number of hydrogen-bond donors (Lipinski definition) is 1. The molecule has 0 amide bonds. The smallest absolute Gasteiger partial charge is 0.200 e. The Bertz CT molecular complexity index is 777. The first-order valence-electron chi connectivity index (χ1n) is 6.18. The lowest BCUT2D eigenvalue weighted by molar-refractivity contribution is 1.04. The second kappa shape index (κ2) is 5.88. The normalized spacial score (nSPS) is 10.7. The van der Waals surface area contributed by atoms with Gasteiger partial charge in [0.05, 0.1) is 0 Å². The van der Waals surface area contributed by atoms with Crippen LogP contribution in [0.4, 0.5) is 0 Å². The average molecular weight is 393 g/mol. The summed E-state index contributed by atoms with van der Waals surface area (Å²) in [6, 6.07) is 18.4. The van der Waals surface area contributed by atoms with Gasteiger partial charge < -0.3 is 0 Å². The molecule has 3 aromatic rings. The highest BCUT2D eigenvalue weighted by Crippen LogP contribution is 2.23. The minimum Gasteiger partial charge on any atom is -0.268 e. The number of alkyl halides is 1. The Hall–Kier alpha value is -1.47. The van der Waals surface area contributed by atoms with Crippen LogP contribution in [0.1, 0.15) is 5.56 Å². The molecule has 0 bridgehead atoms. The molecule has 0 unspecified atom stereocenters. The van der Waals surface area contributed by atoms with Crippen molar-refractivity contribution in [3.63, 3.8) is 0 Å². The second-order valence-electron chi connectivity index (χ2n) is 4.36. The zero-order chi connectivity index (χ0) is 13.9. The summed E-state index contributed by atoms with van der Waals surface area (Å²) < 4.78 is 3.54. The number of aromatic amines is 1. The molecule has 5 heteroatoms. The highest BCUT2D eigenvalue weighted by atomic mass is 127. The molecule has 0 fully saturated rings. The molecule has 3 nitrogen and oxygen atoms in total. The Kier molecular flexibility index (Phi) is 3.98. The van der Waals surface area contributed by atoms with Gasteiger partial charge in [-0.1, -0.05) is 59.0 Å². The van der Waals surface area contributed by atoms with Gasteiger partial charge in [0.2, 0.25) is 0 Å². The monoisotopic (exact) mass is 393 g/mol. The topological polar surface area (TPSA) is 33.6 Å². The van der Waals surface area contributed by atoms with E-state index in [9.17, 15) is 0 Å². The van der Waals surface area contributed by atoms with Crippen molar-refractivity contribution < 1.29 is 0 Å². The number of benzene rings is 2. The molecule has 1 N–H and O–H groups in total. The van der Waals surface area contributed by atoms with Gasteiger partial charge in [-0.05, 0) is 36.0 Å². The van der Waals surface area contributed by atoms with E-state index in [1.165, 1.54) is 5.56 Å². The molecule has 20 heavy (non-hydrogen) atoms. The average Bonchev–Trinajstić information content (AvgIpc) is 2.90. The molecular weight excluding hydrogens is 381 g/mol. The summed E-state index contributed by atoms with van der Waals surface area (Å²) in [5.74, 6) is 0.841. The number of para-hydroxylation sites is 1. The number of aromatic nitrogens is 3. The SMILES string of the molecule is S=c1[nH]nc(-c2cccc(CI)c2)n1-c1ccccc1. The lowest BCUT2D eigenvalue weighted by Gasteiger charge is -2.07. The fourth-order valence-corrected chi connectivity index (χ4v) is 2.81. The summed E-state index contributed by atoms with van der Waals surface area (Å²) in [7, 11) is 0. The van der Waals surface area contributed by atoms with Gasteiger partial charge in [0.25, 0.3) is 0 Å². The maximum atomic E-state index is 5.36. The maximum Gasteiger partial charge on any atom is 0.200 e. The molecule has 100 valence electrons. The minimum atomic E-state index is 0.603. The predicted molar refractivity (Wildman–Crippen MR) is 91.9 cm³/mol. The third kappa shape index (κ3) is 2.55. The molecule has 0 spiro atoms. The molecule has 0 saturated heterocycles. The Morgan fingerprint density at radius 2 is 1.90 bits per heavy atom. The van der Waals surface area contributed by atoms with Gasteiger partial charge in [0, 0.05) is 15.7 Å². The van der Waals surface area contributed by atoms with Crippen LogP contribution in [-0.4, -0.2) is 14.8 Å². The van der Waals surface area contributed by atoms with Crippen LogP contribution < -0.4 is 0 Å². The maximum absolute atomic E-state index is 5.36. The highest BCUT2D eigenvalue weighted by molar-refractivity contribution is 14.1. The summed E-state index contributed by atoms with van der Waals surface area (Å²) in [6.45, 7) is 0. The van der Waals surface area contributed by atoms with Crippen LogP contribution in [-0.2, 0) is 4.43 Å². The zero-order valence-electron chi connectivity index (χ0n) is 10.6. The Morgan fingerprint density at radius 3 is 2.65 bits per heavy atom. The first kappa shape index (κ1) is 13.5. The van der Waals surface area contributed by atoms with Crippen LogP contribution in [0.5, 0.6) is 0 Å². The molecule has 0 aliphatic rings. The van der Waals surface area contributed by atoms with Crippen molar-refractivity contribution in [2.24, 2.45) is 0 Å². The Balaban J connectivity index is 2.18. The number of H-pyrrole nitrogens is 1. The molecule has 0 radical (unpaired) electrons. The van der Waals surface area contributed by atoms with E-state index in [1.807, 2.05) is 34.9 Å². The molecule has 2 aromatic carbocycles. The van der Waals surface area contributed by atoms with Crippen LogP contribution in [0.25, 0.3) is 17.1 Å². The van der Waals surface area contributed by atoms with Crippen molar-refractivity contribution in [1.29, 1.82) is 0 Å². The standard InChI is InChI=1S/C15H12IN3S/c16-10-11-5-4-6-12(9-11)14-17-18-15(20)19(14)13-7-2-1-3-8-13/h1-9H,10H2,(H,18,20). The number of nitrogens with one attached hydrogen (secondary N) is 1. The quantitative estimate of drug-likeness (QED) is 0.403. The summed E-state index contributed by atoms with van der Waals surface area (Å²) in [4.78, 5) is 0. The molecule has 0 saturated carbocycles. The van der Waals surface area contributed by atoms with Gasteiger partial charge in [0.15, 0.2) is 10.6 Å². The van der Waals surface area contributed by atoms with Gasteiger partial charge in [-0.15, -0.1) is 0 Å². The summed E-state index contributed by atoms with van der Waals surface area (Å²) >= 11 is 7.72. The zero-order valence-corrected chi connectivity index (χ0v) is 13.6.